The van der Waals surface area contributed by atoms with Crippen LogP contribution in [0.1, 0.15) is 0 Å². The molecule has 0 unspecified atom stereocenters. The third kappa shape index (κ3) is 8.89. The summed E-state index contributed by atoms with van der Waals surface area (Å²) in [6, 6.07) is 0. The third-order valence-electron chi connectivity index (χ3n) is 0. The molecule has 0 heterocycles. The van der Waals surface area contributed by atoms with Crippen LogP contribution in [0.5, 0.6) is 0 Å². The Hall–Kier alpha value is 2.20. The molecule has 0 aliphatic carbocycles. The van der Waals surface area contributed by atoms with Gasteiger partial charge in [0.05, 0.1) is 0 Å². The van der Waals surface area contributed by atoms with Gasteiger partial charge in [0.15, 0.2) is 0 Å². The van der Waals surface area contributed by atoms with Crippen LogP contribution in [0, 0.1) is 0 Å². The molecule has 0 saturated carbocycles. The molecule has 0 N–H and O–H groups in total. The Labute approximate surface area is 71.1 Å². The summed E-state index contributed by atoms with van der Waals surface area (Å²) < 4.78 is 0. The molecule has 8 valence electrons. The Bertz CT molecular complexity index is 3.25. The standard InChI is InChI=1S/ClH.3Ga/h1H;;;/q;3*+3/p-1/i;3*1-3. The monoisotopic (exact) mass is 236 g/mol. The van der Waals surface area contributed by atoms with E-state index >= 15 is 0 Å². The maximum Gasteiger partial charge on any atom is 3.00 e. The van der Waals surface area contributed by atoms with Gasteiger partial charge in [-0.1, -0.05) is 0 Å². The van der Waals surface area contributed by atoms with E-state index in [0.29, 0.717) is 0 Å². The van der Waals surface area contributed by atoms with Crippen LogP contribution in [0.2, 0.25) is 0 Å². The predicted octanol–water partition coefficient (Wildman–Crippen LogP) is -4.14. The fraction of sp³-hybridized carbons (Fsp3) is 0. The second-order valence-electron chi connectivity index (χ2n) is 0. The molecule has 0 bridgehead atoms. The first-order valence-corrected chi connectivity index (χ1v) is 0. The second kappa shape index (κ2) is 19.0. The summed E-state index contributed by atoms with van der Waals surface area (Å²) in [5.41, 5.74) is 0. The zero-order valence-corrected chi connectivity index (χ0v) is 10.1. The maximum absolute atomic E-state index is 0. The number of hydrogen-bond acceptors (Lipinski definition) is 0. The predicted molar refractivity (Wildman–Crippen MR) is 17.3 cm³/mol. The van der Waals surface area contributed by atoms with E-state index in [1.165, 1.54) is 0 Å². The van der Waals surface area contributed by atoms with Gasteiger partial charge in [-0.3, -0.25) is 0 Å². The van der Waals surface area contributed by atoms with Crippen molar-refractivity contribution >= 4 is 59.4 Å². The minimum atomic E-state index is 0. The van der Waals surface area contributed by atoms with Crippen LogP contribution >= 0.6 is 0 Å². The van der Waals surface area contributed by atoms with Gasteiger partial charge in [0.2, 0.25) is 0 Å². The molecule has 0 spiro atoms. The van der Waals surface area contributed by atoms with Gasteiger partial charge in [-0.15, -0.1) is 0 Å². The molecule has 4 heteroatoms. The van der Waals surface area contributed by atoms with E-state index in [1.54, 1.807) is 0 Å². The first kappa shape index (κ1) is 34.6. The van der Waals surface area contributed by atoms with Crippen molar-refractivity contribution in [2.45, 2.75) is 0 Å². The molecule has 0 atom stereocenters. The van der Waals surface area contributed by atoms with Crippen molar-refractivity contribution in [3.63, 3.8) is 0 Å². The van der Waals surface area contributed by atoms with Crippen molar-refractivity contribution in [3.05, 3.63) is 0 Å². The van der Waals surface area contributed by atoms with Crippen molar-refractivity contribution in [2.75, 3.05) is 0 Å². The van der Waals surface area contributed by atoms with Crippen molar-refractivity contribution in [1.82, 2.24) is 0 Å². The van der Waals surface area contributed by atoms with Crippen LogP contribution in [0.4, 0.5) is 0 Å². The summed E-state index contributed by atoms with van der Waals surface area (Å²) in [4.78, 5) is 0. The third-order valence-corrected chi connectivity index (χ3v) is 0. The van der Waals surface area contributed by atoms with E-state index in [9.17, 15) is 0 Å². The topological polar surface area (TPSA) is 0 Å². The second-order valence-corrected chi connectivity index (χ2v) is 0. The zero-order chi connectivity index (χ0) is 0. The molecular formula is ClGa3+8. The average molecular weight is 236 g/mol. The number of rotatable bonds is 0. The summed E-state index contributed by atoms with van der Waals surface area (Å²) >= 11 is 0. The molecule has 0 aromatic carbocycles. The van der Waals surface area contributed by atoms with Crippen molar-refractivity contribution in [1.29, 1.82) is 0 Å². The first-order valence-electron chi connectivity index (χ1n) is 0. The molecule has 0 saturated heterocycles. The summed E-state index contributed by atoms with van der Waals surface area (Å²) in [5.74, 6) is 0. The van der Waals surface area contributed by atoms with E-state index in [2.05, 4.69) is 0 Å². The molecule has 0 aromatic heterocycles. The fourth-order valence-corrected chi connectivity index (χ4v) is 0. The largest absolute Gasteiger partial charge is 3.00 e. The van der Waals surface area contributed by atoms with E-state index in [0.717, 1.165) is 0 Å². The SMILES string of the molecule is [67Ga+3].[67Ga+3].[67Ga+3].[Cl-]. The van der Waals surface area contributed by atoms with E-state index in [-0.39, 0.29) is 71.8 Å². The zero-order valence-electron chi connectivity index (χ0n) is 2.11. The molecular weight excluding hydrogens is 236 g/mol. The number of hydrogen-bond donors (Lipinski definition) is 0. The Kier molecular flexibility index (Phi) is 164. The van der Waals surface area contributed by atoms with E-state index in [1.807, 2.05) is 0 Å². The summed E-state index contributed by atoms with van der Waals surface area (Å²) in [7, 11) is 0. The van der Waals surface area contributed by atoms with Crippen molar-refractivity contribution in [3.8, 4) is 0 Å². The Morgan fingerprint density at radius 1 is 0.500 bits per heavy atom. The van der Waals surface area contributed by atoms with Crippen molar-refractivity contribution < 1.29 is 12.4 Å². The van der Waals surface area contributed by atoms with Crippen LogP contribution < -0.4 is 12.4 Å². The maximum atomic E-state index is 0. The number of halogens is 1. The van der Waals surface area contributed by atoms with Gasteiger partial charge in [0, 0.05) is 0 Å². The minimum absolute atomic E-state index is 0. The minimum Gasteiger partial charge on any atom is -1.00 e. The molecule has 0 rings (SSSR count). The Balaban J connectivity index is 0. The summed E-state index contributed by atoms with van der Waals surface area (Å²) in [6.45, 7) is 0. The van der Waals surface area contributed by atoms with E-state index < -0.39 is 0 Å². The Morgan fingerprint density at radius 2 is 0.500 bits per heavy atom. The molecule has 0 amide bonds. The van der Waals surface area contributed by atoms with Gasteiger partial charge in [-0.2, -0.15) is 0 Å². The molecule has 0 fully saturated rings. The van der Waals surface area contributed by atoms with Crippen LogP contribution in [0.3, 0.4) is 0 Å². The molecule has 4 heavy (non-hydrogen) atoms. The molecule has 0 aliphatic rings. The quantitative estimate of drug-likeness (QED) is 0.375. The average Bonchev–Trinajstić information content (AvgIpc) is 0. The van der Waals surface area contributed by atoms with Crippen molar-refractivity contribution in [2.24, 2.45) is 0 Å². The van der Waals surface area contributed by atoms with Gasteiger partial charge < -0.3 is 12.4 Å². The van der Waals surface area contributed by atoms with Gasteiger partial charge in [0.1, 0.15) is 0 Å². The van der Waals surface area contributed by atoms with Crippen LogP contribution in [-0.4, -0.2) is 59.4 Å². The molecule has 0 aliphatic heterocycles. The van der Waals surface area contributed by atoms with Gasteiger partial charge >= 0.3 is 59.4 Å². The molecule has 0 nitrogen and oxygen atoms in total. The van der Waals surface area contributed by atoms with Crippen LogP contribution in [0.25, 0.3) is 0 Å². The first-order chi connectivity index (χ1) is 0. The smallest absolute Gasteiger partial charge is 1.00 e. The van der Waals surface area contributed by atoms with Crippen LogP contribution in [0.15, 0.2) is 0 Å². The van der Waals surface area contributed by atoms with Gasteiger partial charge in [0.25, 0.3) is 0 Å². The molecule has 0 aromatic rings. The summed E-state index contributed by atoms with van der Waals surface area (Å²) in [5, 5.41) is 0. The Morgan fingerprint density at radius 3 is 0.500 bits per heavy atom. The summed E-state index contributed by atoms with van der Waals surface area (Å²) in [6.07, 6.45) is 0. The fourth-order valence-electron chi connectivity index (χ4n) is 0. The van der Waals surface area contributed by atoms with E-state index in [4.69, 9.17) is 0 Å². The van der Waals surface area contributed by atoms with Crippen LogP contribution in [-0.2, 0) is 0 Å². The molecule has 0 radical (unpaired) electrons. The van der Waals surface area contributed by atoms with Gasteiger partial charge in [-0.05, 0) is 0 Å². The normalized spacial score (nSPS) is 0. The van der Waals surface area contributed by atoms with Gasteiger partial charge in [-0.25, -0.2) is 0 Å².